The highest BCUT2D eigenvalue weighted by atomic mass is 32.1. The predicted molar refractivity (Wildman–Crippen MR) is 107 cm³/mol. The molecule has 0 spiro atoms. The molecule has 150 valence electrons. The number of fused-ring (bicyclic) bond motifs is 1. The van der Waals surface area contributed by atoms with E-state index in [1.807, 2.05) is 6.07 Å². The van der Waals surface area contributed by atoms with Gasteiger partial charge in [0.15, 0.2) is 0 Å². The Morgan fingerprint density at radius 2 is 1.86 bits per heavy atom. The first-order valence-corrected chi connectivity index (χ1v) is 10.1. The second-order valence-corrected chi connectivity index (χ2v) is 7.80. The Morgan fingerprint density at radius 3 is 2.69 bits per heavy atom. The van der Waals surface area contributed by atoms with Gasteiger partial charge in [-0.15, -0.1) is 11.3 Å². The molecule has 1 heterocycles. The summed E-state index contributed by atoms with van der Waals surface area (Å²) in [6, 6.07) is 12.7. The van der Waals surface area contributed by atoms with Crippen molar-refractivity contribution in [3.8, 4) is 5.75 Å². The molecule has 4 rings (SSSR count). The van der Waals surface area contributed by atoms with Crippen LogP contribution in [0.3, 0.4) is 0 Å². The number of ether oxygens (including phenoxy) is 1. The Balaban J connectivity index is 1.41. The molecule has 0 radical (unpaired) electrons. The highest BCUT2D eigenvalue weighted by Gasteiger charge is 2.33. The quantitative estimate of drug-likeness (QED) is 0.546. The Labute approximate surface area is 170 Å². The van der Waals surface area contributed by atoms with Crippen LogP contribution in [0.1, 0.15) is 38.3 Å². The minimum absolute atomic E-state index is 0.255. The van der Waals surface area contributed by atoms with Crippen LogP contribution < -0.4 is 10.1 Å². The van der Waals surface area contributed by atoms with Gasteiger partial charge in [-0.2, -0.15) is 13.2 Å². The van der Waals surface area contributed by atoms with Crippen molar-refractivity contribution in [3.63, 3.8) is 0 Å². The number of hydrogen-bond acceptors (Lipinski definition) is 3. The molecule has 3 nitrogen and oxygen atoms in total. The van der Waals surface area contributed by atoms with E-state index in [0.29, 0.717) is 11.5 Å². The van der Waals surface area contributed by atoms with E-state index >= 15 is 0 Å². The molecule has 1 aromatic heterocycles. The molecule has 2 aromatic carbocycles. The van der Waals surface area contributed by atoms with Crippen LogP contribution >= 0.6 is 11.3 Å². The number of benzene rings is 2. The fourth-order valence-electron chi connectivity index (χ4n) is 3.40. The lowest BCUT2D eigenvalue weighted by Gasteiger charge is -2.12. The van der Waals surface area contributed by atoms with E-state index in [2.05, 4.69) is 17.4 Å². The van der Waals surface area contributed by atoms with Crippen LogP contribution in [0, 0.1) is 0 Å². The molecule has 0 aliphatic heterocycles. The van der Waals surface area contributed by atoms with Crippen molar-refractivity contribution in [3.05, 3.63) is 81.0 Å². The van der Waals surface area contributed by atoms with Gasteiger partial charge in [0.2, 0.25) is 0 Å². The number of nitrogens with one attached hydrogen (secondary N) is 1. The summed E-state index contributed by atoms with van der Waals surface area (Å²) in [6.07, 6.45) is -1.20. The number of para-hydroxylation sites is 1. The maximum atomic E-state index is 13.1. The molecule has 1 aliphatic rings. The van der Waals surface area contributed by atoms with E-state index in [9.17, 15) is 18.0 Å². The largest absolute Gasteiger partial charge is 0.489 e. The third kappa shape index (κ3) is 4.45. The molecule has 0 atom stereocenters. The van der Waals surface area contributed by atoms with Gasteiger partial charge in [-0.3, -0.25) is 4.79 Å². The summed E-state index contributed by atoms with van der Waals surface area (Å²) >= 11 is 1.17. The topological polar surface area (TPSA) is 38.3 Å². The molecule has 0 fully saturated rings. The first kappa shape index (κ1) is 19.5. The second-order valence-electron chi connectivity index (χ2n) is 6.89. The van der Waals surface area contributed by atoms with Crippen LogP contribution in [0.5, 0.6) is 5.75 Å². The van der Waals surface area contributed by atoms with Gasteiger partial charge in [0.25, 0.3) is 5.91 Å². The summed E-state index contributed by atoms with van der Waals surface area (Å²) < 4.78 is 45.1. The highest BCUT2D eigenvalue weighted by Crippen LogP contribution is 2.35. The Kier molecular flexibility index (Phi) is 5.32. The van der Waals surface area contributed by atoms with Crippen molar-refractivity contribution in [2.45, 2.75) is 32.0 Å². The third-order valence-corrected chi connectivity index (χ3v) is 5.81. The van der Waals surface area contributed by atoms with Crippen LogP contribution in [0.2, 0.25) is 0 Å². The predicted octanol–water partition coefficient (Wildman–Crippen LogP) is 6.09. The van der Waals surface area contributed by atoms with Gasteiger partial charge in [0.05, 0.1) is 16.1 Å². The first-order valence-electron chi connectivity index (χ1n) is 9.20. The lowest BCUT2D eigenvalue weighted by atomic mass is 10.1. The molecule has 0 bridgehead atoms. The number of halogens is 3. The molecule has 3 aromatic rings. The van der Waals surface area contributed by atoms with Crippen LogP contribution in [0.25, 0.3) is 0 Å². The number of thiophene rings is 1. The number of carbonyl (C=O) groups is 1. The Morgan fingerprint density at radius 1 is 1.07 bits per heavy atom. The van der Waals surface area contributed by atoms with Gasteiger partial charge in [-0.1, -0.05) is 18.2 Å². The van der Waals surface area contributed by atoms with Gasteiger partial charge < -0.3 is 10.1 Å². The summed E-state index contributed by atoms with van der Waals surface area (Å²) in [5, 5.41) is 4.14. The fraction of sp³-hybridized carbons (Fsp3) is 0.227. The van der Waals surface area contributed by atoms with Crippen molar-refractivity contribution in [1.82, 2.24) is 0 Å². The van der Waals surface area contributed by atoms with E-state index in [1.165, 1.54) is 47.1 Å². The van der Waals surface area contributed by atoms with Gasteiger partial charge in [0, 0.05) is 5.56 Å². The van der Waals surface area contributed by atoms with Gasteiger partial charge in [-0.25, -0.2) is 0 Å². The summed E-state index contributed by atoms with van der Waals surface area (Å²) in [7, 11) is 0. The molecular formula is C22H18F3NO2S. The summed E-state index contributed by atoms with van der Waals surface area (Å²) in [4.78, 5) is 12.7. The number of alkyl halides is 3. The van der Waals surface area contributed by atoms with E-state index in [0.717, 1.165) is 30.2 Å². The minimum Gasteiger partial charge on any atom is -0.489 e. The SMILES string of the molecule is O=C(Nc1ccccc1C(F)(F)F)c1cc(COc2ccc3c(c2)CCC3)cs1. The van der Waals surface area contributed by atoms with Crippen molar-refractivity contribution >= 4 is 22.9 Å². The molecule has 0 unspecified atom stereocenters. The van der Waals surface area contributed by atoms with Crippen molar-refractivity contribution in [1.29, 1.82) is 0 Å². The standard InChI is InChI=1S/C22H18F3NO2S/c23-22(24,25)18-6-1-2-7-19(18)26-21(27)20-10-14(13-29-20)12-28-17-9-8-15-4-3-5-16(15)11-17/h1-2,6-11,13H,3-5,12H2,(H,26,27). The van der Waals surface area contributed by atoms with Crippen molar-refractivity contribution < 1.29 is 22.7 Å². The number of anilines is 1. The maximum Gasteiger partial charge on any atom is 0.418 e. The molecule has 1 N–H and O–H groups in total. The average molecular weight is 417 g/mol. The number of rotatable bonds is 5. The number of aryl methyl sites for hydroxylation is 2. The fourth-order valence-corrected chi connectivity index (χ4v) is 4.19. The molecule has 29 heavy (non-hydrogen) atoms. The van der Waals surface area contributed by atoms with Crippen LogP contribution in [0.4, 0.5) is 18.9 Å². The van der Waals surface area contributed by atoms with E-state index in [4.69, 9.17) is 4.74 Å². The lowest BCUT2D eigenvalue weighted by molar-refractivity contribution is -0.136. The van der Waals surface area contributed by atoms with Crippen LogP contribution in [0.15, 0.2) is 53.9 Å². The zero-order chi connectivity index (χ0) is 20.4. The minimum atomic E-state index is -4.53. The molecule has 7 heteroatoms. The van der Waals surface area contributed by atoms with Crippen LogP contribution in [-0.4, -0.2) is 5.91 Å². The van der Waals surface area contributed by atoms with E-state index in [-0.39, 0.29) is 5.69 Å². The number of hydrogen-bond donors (Lipinski definition) is 1. The van der Waals surface area contributed by atoms with Crippen LogP contribution in [-0.2, 0) is 25.6 Å². The first-order chi connectivity index (χ1) is 13.9. The highest BCUT2D eigenvalue weighted by molar-refractivity contribution is 7.12. The molecular weight excluding hydrogens is 399 g/mol. The van der Waals surface area contributed by atoms with E-state index < -0.39 is 17.6 Å². The number of amides is 1. The molecule has 0 saturated carbocycles. The van der Waals surface area contributed by atoms with Crippen molar-refractivity contribution in [2.75, 3.05) is 5.32 Å². The summed E-state index contributed by atoms with van der Waals surface area (Å²) in [5.74, 6) is 0.206. The molecule has 1 amide bonds. The lowest BCUT2D eigenvalue weighted by Crippen LogP contribution is -2.15. The normalized spacial score (nSPS) is 13.2. The molecule has 1 aliphatic carbocycles. The smallest absolute Gasteiger partial charge is 0.418 e. The Bertz CT molecular complexity index is 1040. The third-order valence-electron chi connectivity index (χ3n) is 4.83. The van der Waals surface area contributed by atoms with Crippen molar-refractivity contribution in [2.24, 2.45) is 0 Å². The zero-order valence-electron chi connectivity index (χ0n) is 15.4. The summed E-state index contributed by atoms with van der Waals surface area (Å²) in [5.41, 5.74) is 2.35. The van der Waals surface area contributed by atoms with E-state index in [1.54, 1.807) is 11.4 Å². The van der Waals surface area contributed by atoms with Gasteiger partial charge in [0.1, 0.15) is 12.4 Å². The van der Waals surface area contributed by atoms with Gasteiger partial charge in [-0.05, 0) is 66.1 Å². The Hall–Kier alpha value is -2.80. The second kappa shape index (κ2) is 7.91. The maximum absolute atomic E-state index is 13.1. The van der Waals surface area contributed by atoms with Gasteiger partial charge >= 0.3 is 6.18 Å². The number of carbonyl (C=O) groups excluding carboxylic acids is 1. The average Bonchev–Trinajstić information content (AvgIpc) is 3.35. The molecule has 0 saturated heterocycles. The monoisotopic (exact) mass is 417 g/mol. The summed E-state index contributed by atoms with van der Waals surface area (Å²) in [6.45, 7) is 0.293. The zero-order valence-corrected chi connectivity index (χ0v) is 16.2.